The Kier molecular flexibility index (Phi) is 4.49. The summed E-state index contributed by atoms with van der Waals surface area (Å²) in [5.74, 6) is -0.703. The summed E-state index contributed by atoms with van der Waals surface area (Å²) in [6.07, 6.45) is 1.58. The van der Waals surface area contributed by atoms with Crippen molar-refractivity contribution in [3.63, 3.8) is 0 Å². The maximum Gasteiger partial charge on any atom is 0.341 e. The van der Waals surface area contributed by atoms with Crippen LogP contribution in [0.5, 0.6) is 0 Å². The molecule has 1 rings (SSSR count). The molecule has 0 saturated heterocycles. The molecule has 0 heterocycles. The van der Waals surface area contributed by atoms with Crippen LogP contribution in [0, 0.1) is 0 Å². The van der Waals surface area contributed by atoms with Crippen molar-refractivity contribution in [2.24, 2.45) is 0 Å². The highest BCUT2D eigenvalue weighted by Gasteiger charge is 2.18. The normalized spacial score (nSPS) is 11.1. The fraction of sp³-hybridized carbons (Fsp3) is 0.364. The van der Waals surface area contributed by atoms with E-state index in [-0.39, 0.29) is 11.3 Å². The van der Waals surface area contributed by atoms with Gasteiger partial charge in [-0.1, -0.05) is 31.5 Å². The van der Waals surface area contributed by atoms with Gasteiger partial charge in [-0.3, -0.25) is 4.79 Å². The molecule has 0 aliphatic rings. The van der Waals surface area contributed by atoms with Crippen LogP contribution in [0.2, 0.25) is 0 Å². The number of benzene rings is 1. The number of unbranched alkanes of at least 4 members (excludes halogenated alkanes) is 1. The smallest absolute Gasteiger partial charge is 0.341 e. The summed E-state index contributed by atoms with van der Waals surface area (Å²) in [4.78, 5) is 11.2. The average Bonchev–Trinajstić information content (AvgIpc) is 2.27. The molecule has 0 aliphatic carbocycles. The van der Waals surface area contributed by atoms with E-state index in [9.17, 15) is 13.2 Å². The van der Waals surface area contributed by atoms with Gasteiger partial charge < -0.3 is 4.18 Å². The van der Waals surface area contributed by atoms with Gasteiger partial charge in [0.25, 0.3) is 0 Å². The Morgan fingerprint density at radius 2 is 1.88 bits per heavy atom. The fourth-order valence-electron chi connectivity index (χ4n) is 1.12. The van der Waals surface area contributed by atoms with E-state index in [4.69, 9.17) is 0 Å². The monoisotopic (exact) mass is 242 g/mol. The van der Waals surface area contributed by atoms with Crippen molar-refractivity contribution in [2.45, 2.75) is 31.1 Å². The van der Waals surface area contributed by atoms with Gasteiger partial charge in [0.05, 0.1) is 0 Å². The van der Waals surface area contributed by atoms with Crippen molar-refractivity contribution in [3.05, 3.63) is 30.3 Å². The Morgan fingerprint density at radius 1 is 1.25 bits per heavy atom. The summed E-state index contributed by atoms with van der Waals surface area (Å²) in [5, 5.41) is 0. The minimum absolute atomic E-state index is 0.000140. The van der Waals surface area contributed by atoms with E-state index in [0.717, 1.165) is 6.42 Å². The zero-order valence-electron chi connectivity index (χ0n) is 9.05. The first-order valence-electron chi connectivity index (χ1n) is 5.08. The second kappa shape index (κ2) is 5.65. The highest BCUT2D eigenvalue weighted by molar-refractivity contribution is 7.87. The predicted octanol–water partition coefficient (Wildman–Crippen LogP) is 2.11. The third-order valence-corrected chi connectivity index (χ3v) is 3.22. The quantitative estimate of drug-likeness (QED) is 0.742. The summed E-state index contributed by atoms with van der Waals surface area (Å²) in [5.41, 5.74) is 0. The first kappa shape index (κ1) is 12.7. The van der Waals surface area contributed by atoms with Crippen molar-refractivity contribution in [2.75, 3.05) is 0 Å². The molecule has 5 heteroatoms. The Balaban J connectivity index is 2.70. The number of hydrogen-bond donors (Lipinski definition) is 0. The largest absolute Gasteiger partial charge is 0.342 e. The summed E-state index contributed by atoms with van der Waals surface area (Å²) in [6, 6.07) is 7.63. The Morgan fingerprint density at radius 3 is 2.44 bits per heavy atom. The molecule has 0 saturated carbocycles. The lowest BCUT2D eigenvalue weighted by Gasteiger charge is -2.04. The first-order valence-corrected chi connectivity index (χ1v) is 6.49. The molecule has 16 heavy (non-hydrogen) atoms. The molecule has 0 aliphatic heterocycles. The van der Waals surface area contributed by atoms with Crippen molar-refractivity contribution in [1.82, 2.24) is 0 Å². The van der Waals surface area contributed by atoms with Gasteiger partial charge in [0, 0.05) is 6.42 Å². The van der Waals surface area contributed by atoms with E-state index in [1.165, 1.54) is 12.1 Å². The summed E-state index contributed by atoms with van der Waals surface area (Å²) < 4.78 is 27.6. The molecule has 0 fully saturated rings. The Bertz CT molecular complexity index is 436. The molecule has 0 bridgehead atoms. The van der Waals surface area contributed by atoms with Gasteiger partial charge in [-0.15, -0.1) is 0 Å². The average molecular weight is 242 g/mol. The maximum absolute atomic E-state index is 11.6. The number of carbonyl (C=O) groups is 1. The lowest BCUT2D eigenvalue weighted by atomic mass is 10.3. The molecule has 1 aromatic rings. The van der Waals surface area contributed by atoms with Crippen molar-refractivity contribution < 1.29 is 17.4 Å². The maximum atomic E-state index is 11.6. The number of hydrogen-bond acceptors (Lipinski definition) is 4. The van der Waals surface area contributed by atoms with E-state index in [1.807, 2.05) is 6.92 Å². The zero-order valence-corrected chi connectivity index (χ0v) is 9.87. The van der Waals surface area contributed by atoms with Crippen LogP contribution in [-0.4, -0.2) is 14.4 Å². The summed E-state index contributed by atoms with van der Waals surface area (Å²) in [6.45, 7) is 1.92. The molecule has 0 N–H and O–H groups in total. The molecule has 0 spiro atoms. The van der Waals surface area contributed by atoms with Gasteiger partial charge in [-0.2, -0.15) is 8.42 Å². The Hall–Kier alpha value is -1.36. The van der Waals surface area contributed by atoms with Crippen molar-refractivity contribution in [3.8, 4) is 0 Å². The van der Waals surface area contributed by atoms with Crippen LogP contribution in [0.25, 0.3) is 0 Å². The van der Waals surface area contributed by atoms with Gasteiger partial charge in [0.2, 0.25) is 0 Å². The summed E-state index contributed by atoms with van der Waals surface area (Å²) in [7, 11) is -3.94. The second-order valence-electron chi connectivity index (χ2n) is 3.33. The third kappa shape index (κ3) is 3.66. The number of carbonyl (C=O) groups excluding carboxylic acids is 1. The van der Waals surface area contributed by atoms with Crippen LogP contribution in [0.3, 0.4) is 0 Å². The molecular weight excluding hydrogens is 228 g/mol. The number of rotatable bonds is 5. The molecular formula is C11H14O4S. The van der Waals surface area contributed by atoms with Crippen molar-refractivity contribution in [1.29, 1.82) is 0 Å². The van der Waals surface area contributed by atoms with Gasteiger partial charge >= 0.3 is 16.1 Å². The first-order chi connectivity index (χ1) is 7.56. The lowest BCUT2D eigenvalue weighted by Crippen LogP contribution is -2.12. The van der Waals surface area contributed by atoms with E-state index in [0.29, 0.717) is 6.42 Å². The second-order valence-corrected chi connectivity index (χ2v) is 4.87. The molecule has 0 radical (unpaired) electrons. The van der Waals surface area contributed by atoms with E-state index >= 15 is 0 Å². The molecule has 0 amide bonds. The van der Waals surface area contributed by atoms with Crippen molar-refractivity contribution >= 4 is 16.1 Å². The molecule has 4 nitrogen and oxygen atoms in total. The van der Waals surface area contributed by atoms with Crippen LogP contribution >= 0.6 is 0 Å². The minimum Gasteiger partial charge on any atom is -0.342 e. The van der Waals surface area contributed by atoms with E-state index in [1.54, 1.807) is 18.2 Å². The zero-order chi connectivity index (χ0) is 12.0. The third-order valence-electron chi connectivity index (χ3n) is 1.97. The Labute approximate surface area is 95.4 Å². The van der Waals surface area contributed by atoms with E-state index in [2.05, 4.69) is 4.18 Å². The minimum atomic E-state index is -3.94. The van der Waals surface area contributed by atoms with Crippen LogP contribution in [0.1, 0.15) is 26.2 Å². The molecule has 88 valence electrons. The van der Waals surface area contributed by atoms with Gasteiger partial charge in [0.15, 0.2) is 0 Å². The van der Waals surface area contributed by atoms with Gasteiger partial charge in [-0.25, -0.2) is 0 Å². The predicted molar refractivity (Wildman–Crippen MR) is 59.2 cm³/mol. The standard InChI is InChI=1S/C11H14O4S/c1-2-3-9-11(12)15-16(13,14)10-7-5-4-6-8-10/h4-8H,2-3,9H2,1H3. The SMILES string of the molecule is CCCCC(=O)OS(=O)(=O)c1ccccc1. The van der Waals surface area contributed by atoms with Gasteiger partial charge in [-0.05, 0) is 18.6 Å². The van der Waals surface area contributed by atoms with Crippen LogP contribution < -0.4 is 0 Å². The molecule has 0 aromatic heterocycles. The topological polar surface area (TPSA) is 60.4 Å². The molecule has 1 aromatic carbocycles. The van der Waals surface area contributed by atoms with Gasteiger partial charge in [0.1, 0.15) is 4.90 Å². The molecule has 0 atom stereocenters. The van der Waals surface area contributed by atoms with Crippen LogP contribution in [-0.2, 0) is 19.1 Å². The fourth-order valence-corrected chi connectivity index (χ4v) is 2.04. The van der Waals surface area contributed by atoms with E-state index < -0.39 is 16.1 Å². The summed E-state index contributed by atoms with van der Waals surface area (Å²) >= 11 is 0. The highest BCUT2D eigenvalue weighted by Crippen LogP contribution is 2.12. The van der Waals surface area contributed by atoms with Crippen LogP contribution in [0.15, 0.2) is 35.2 Å². The highest BCUT2D eigenvalue weighted by atomic mass is 32.2. The lowest BCUT2D eigenvalue weighted by molar-refractivity contribution is -0.133. The van der Waals surface area contributed by atoms with Crippen LogP contribution in [0.4, 0.5) is 0 Å². The molecule has 0 unspecified atom stereocenters.